The molecule has 2 amide bonds. The molecular weight excluding hydrogens is 415 g/mol. The van der Waals surface area contributed by atoms with Gasteiger partial charge in [0.25, 0.3) is 11.8 Å². The lowest BCUT2D eigenvalue weighted by Crippen LogP contribution is -2.36. The number of amides is 2. The molecule has 1 unspecified atom stereocenters. The molecule has 0 fully saturated rings. The molecule has 0 aliphatic heterocycles. The molecule has 154 valence electrons. The zero-order valence-corrected chi connectivity index (χ0v) is 18.1. The second kappa shape index (κ2) is 9.76. The summed E-state index contributed by atoms with van der Waals surface area (Å²) in [5.74, 6) is -1.75. The van der Waals surface area contributed by atoms with E-state index in [1.54, 1.807) is 0 Å². The molecule has 0 saturated heterocycles. The van der Waals surface area contributed by atoms with E-state index < -0.39 is 30.4 Å². The van der Waals surface area contributed by atoms with Gasteiger partial charge in [0.1, 0.15) is 6.54 Å². The first-order chi connectivity index (χ1) is 13.6. The van der Waals surface area contributed by atoms with Crippen LogP contribution in [0.15, 0.2) is 30.3 Å². The third-order valence-electron chi connectivity index (χ3n) is 4.17. The predicted octanol–water partition coefficient (Wildman–Crippen LogP) is 4.22. The standard InChI is InChI=1S/C21H22Cl2N2O4/c1-11-7-12(2)19(13(3)8-11)25-20(27)14(4)29-18(26)10-24-21(28)16-6-5-15(22)9-17(16)23/h5-9,14H,10H2,1-4H3,(H,24,28)(H,25,27). The molecule has 0 bridgehead atoms. The number of rotatable bonds is 6. The van der Waals surface area contributed by atoms with E-state index in [1.165, 1.54) is 25.1 Å². The summed E-state index contributed by atoms with van der Waals surface area (Å²) in [5.41, 5.74) is 3.80. The van der Waals surface area contributed by atoms with Crippen molar-refractivity contribution in [3.8, 4) is 0 Å². The molecule has 2 aromatic rings. The summed E-state index contributed by atoms with van der Waals surface area (Å²) in [7, 11) is 0. The number of halogens is 2. The summed E-state index contributed by atoms with van der Waals surface area (Å²) in [6, 6.07) is 8.31. The molecule has 0 saturated carbocycles. The zero-order chi connectivity index (χ0) is 21.7. The number of nitrogens with one attached hydrogen (secondary N) is 2. The summed E-state index contributed by atoms with van der Waals surface area (Å²) in [6.07, 6.45) is -1.03. The lowest BCUT2D eigenvalue weighted by atomic mass is 10.0. The van der Waals surface area contributed by atoms with Crippen LogP contribution in [0.5, 0.6) is 0 Å². The number of carbonyl (C=O) groups is 3. The van der Waals surface area contributed by atoms with Crippen molar-refractivity contribution in [3.05, 3.63) is 62.6 Å². The zero-order valence-electron chi connectivity index (χ0n) is 16.6. The molecular formula is C21H22Cl2N2O4. The van der Waals surface area contributed by atoms with Crippen molar-refractivity contribution in [2.24, 2.45) is 0 Å². The third-order valence-corrected chi connectivity index (χ3v) is 4.72. The quantitative estimate of drug-likeness (QED) is 0.663. The van der Waals surface area contributed by atoms with E-state index in [0.29, 0.717) is 10.7 Å². The Kier molecular flexibility index (Phi) is 7.65. The highest BCUT2D eigenvalue weighted by atomic mass is 35.5. The molecule has 6 nitrogen and oxygen atoms in total. The molecule has 0 radical (unpaired) electrons. The van der Waals surface area contributed by atoms with Gasteiger partial charge in [-0.25, -0.2) is 0 Å². The number of carbonyl (C=O) groups excluding carboxylic acids is 3. The maximum absolute atomic E-state index is 12.4. The fourth-order valence-corrected chi connectivity index (χ4v) is 3.31. The van der Waals surface area contributed by atoms with Crippen molar-refractivity contribution in [1.82, 2.24) is 5.32 Å². The van der Waals surface area contributed by atoms with E-state index in [2.05, 4.69) is 10.6 Å². The Morgan fingerprint density at radius 1 is 1.03 bits per heavy atom. The van der Waals surface area contributed by atoms with Gasteiger partial charge in [0.2, 0.25) is 0 Å². The Hall–Kier alpha value is -2.57. The lowest BCUT2D eigenvalue weighted by Gasteiger charge is -2.17. The molecule has 0 aromatic heterocycles. The first kappa shape index (κ1) is 22.7. The molecule has 1 atom stereocenters. The Morgan fingerprint density at radius 2 is 1.66 bits per heavy atom. The maximum atomic E-state index is 12.4. The fraction of sp³-hybridized carbons (Fsp3) is 0.286. The largest absolute Gasteiger partial charge is 0.451 e. The lowest BCUT2D eigenvalue weighted by molar-refractivity contribution is -0.152. The summed E-state index contributed by atoms with van der Waals surface area (Å²) in [5, 5.41) is 5.75. The smallest absolute Gasteiger partial charge is 0.326 e. The van der Waals surface area contributed by atoms with Gasteiger partial charge in [-0.2, -0.15) is 0 Å². The highest BCUT2D eigenvalue weighted by Gasteiger charge is 2.20. The summed E-state index contributed by atoms with van der Waals surface area (Å²) in [6.45, 7) is 6.82. The fourth-order valence-electron chi connectivity index (χ4n) is 2.82. The Morgan fingerprint density at radius 3 is 2.24 bits per heavy atom. The average molecular weight is 437 g/mol. The van der Waals surface area contributed by atoms with Crippen LogP contribution in [0.1, 0.15) is 34.0 Å². The molecule has 0 aliphatic carbocycles. The average Bonchev–Trinajstić information content (AvgIpc) is 2.62. The Bertz CT molecular complexity index is 937. The minimum Gasteiger partial charge on any atom is -0.451 e. The van der Waals surface area contributed by atoms with Gasteiger partial charge in [-0.15, -0.1) is 0 Å². The summed E-state index contributed by atoms with van der Waals surface area (Å²) < 4.78 is 5.10. The van der Waals surface area contributed by atoms with E-state index in [-0.39, 0.29) is 10.6 Å². The van der Waals surface area contributed by atoms with Crippen LogP contribution in [0.25, 0.3) is 0 Å². The molecule has 8 heteroatoms. The first-order valence-corrected chi connectivity index (χ1v) is 9.65. The first-order valence-electron chi connectivity index (χ1n) is 8.90. The van der Waals surface area contributed by atoms with Crippen LogP contribution in [0.2, 0.25) is 10.0 Å². The molecule has 0 spiro atoms. The number of hydrogen-bond donors (Lipinski definition) is 2. The second-order valence-electron chi connectivity index (χ2n) is 6.70. The summed E-state index contributed by atoms with van der Waals surface area (Å²) >= 11 is 11.8. The number of esters is 1. The van der Waals surface area contributed by atoms with Gasteiger partial charge in [-0.3, -0.25) is 14.4 Å². The topological polar surface area (TPSA) is 84.5 Å². The van der Waals surface area contributed by atoms with Gasteiger partial charge in [-0.05, 0) is 57.0 Å². The van der Waals surface area contributed by atoms with E-state index in [4.69, 9.17) is 27.9 Å². The highest BCUT2D eigenvalue weighted by molar-refractivity contribution is 6.36. The van der Waals surface area contributed by atoms with Gasteiger partial charge >= 0.3 is 5.97 Å². The van der Waals surface area contributed by atoms with E-state index in [0.717, 1.165) is 16.7 Å². The van der Waals surface area contributed by atoms with Crippen molar-refractivity contribution in [1.29, 1.82) is 0 Å². The van der Waals surface area contributed by atoms with Gasteiger partial charge in [0, 0.05) is 10.7 Å². The van der Waals surface area contributed by atoms with Crippen LogP contribution >= 0.6 is 23.2 Å². The van der Waals surface area contributed by atoms with Crippen LogP contribution in [0, 0.1) is 20.8 Å². The van der Waals surface area contributed by atoms with Crippen LogP contribution in [0.4, 0.5) is 5.69 Å². The second-order valence-corrected chi connectivity index (χ2v) is 7.55. The molecule has 2 rings (SSSR count). The van der Waals surface area contributed by atoms with Crippen molar-refractivity contribution in [2.75, 3.05) is 11.9 Å². The number of ether oxygens (including phenoxy) is 1. The SMILES string of the molecule is Cc1cc(C)c(NC(=O)C(C)OC(=O)CNC(=O)c2ccc(Cl)cc2Cl)c(C)c1. The minimum atomic E-state index is -1.03. The van der Waals surface area contributed by atoms with E-state index in [9.17, 15) is 14.4 Å². The van der Waals surface area contributed by atoms with Crippen LogP contribution < -0.4 is 10.6 Å². The molecule has 2 aromatic carbocycles. The molecule has 2 N–H and O–H groups in total. The van der Waals surface area contributed by atoms with Crippen molar-refractivity contribution < 1.29 is 19.1 Å². The Labute approximate surface area is 179 Å². The predicted molar refractivity (Wildman–Crippen MR) is 114 cm³/mol. The number of hydrogen-bond acceptors (Lipinski definition) is 4. The van der Waals surface area contributed by atoms with Gasteiger partial charge in [-0.1, -0.05) is 40.9 Å². The molecule has 0 heterocycles. The van der Waals surface area contributed by atoms with Crippen LogP contribution in [0.3, 0.4) is 0 Å². The van der Waals surface area contributed by atoms with Gasteiger partial charge in [0.15, 0.2) is 6.10 Å². The van der Waals surface area contributed by atoms with E-state index in [1.807, 2.05) is 32.9 Å². The molecule has 29 heavy (non-hydrogen) atoms. The molecule has 0 aliphatic rings. The normalized spacial score (nSPS) is 11.5. The number of aryl methyl sites for hydroxylation is 3. The summed E-state index contributed by atoms with van der Waals surface area (Å²) in [4.78, 5) is 36.5. The number of benzene rings is 2. The van der Waals surface area contributed by atoms with E-state index >= 15 is 0 Å². The van der Waals surface area contributed by atoms with Crippen molar-refractivity contribution in [2.45, 2.75) is 33.8 Å². The Balaban J connectivity index is 1.90. The minimum absolute atomic E-state index is 0.167. The number of anilines is 1. The van der Waals surface area contributed by atoms with Crippen molar-refractivity contribution in [3.63, 3.8) is 0 Å². The van der Waals surface area contributed by atoms with Crippen LogP contribution in [-0.2, 0) is 14.3 Å². The van der Waals surface area contributed by atoms with Gasteiger partial charge < -0.3 is 15.4 Å². The van der Waals surface area contributed by atoms with Crippen molar-refractivity contribution >= 4 is 46.7 Å². The van der Waals surface area contributed by atoms with Gasteiger partial charge in [0.05, 0.1) is 10.6 Å². The monoisotopic (exact) mass is 436 g/mol. The van der Waals surface area contributed by atoms with Crippen LogP contribution in [-0.4, -0.2) is 30.4 Å². The highest BCUT2D eigenvalue weighted by Crippen LogP contribution is 2.22. The third kappa shape index (κ3) is 6.21. The maximum Gasteiger partial charge on any atom is 0.326 e.